The van der Waals surface area contributed by atoms with Crippen molar-refractivity contribution in [2.45, 2.75) is 25.7 Å². The van der Waals surface area contributed by atoms with E-state index in [1.165, 1.54) is 0 Å². The second-order valence-electron chi connectivity index (χ2n) is 7.99. The number of carbonyl (C=O) groups excluding carboxylic acids is 2. The Kier molecular flexibility index (Phi) is 5.92. The second-order valence-corrected chi connectivity index (χ2v) is 7.99. The first-order valence-electron chi connectivity index (χ1n) is 10.6. The molecule has 1 aromatic carbocycles. The van der Waals surface area contributed by atoms with Crippen LogP contribution in [0.2, 0.25) is 0 Å². The van der Waals surface area contributed by atoms with E-state index in [0.717, 1.165) is 50.2 Å². The molecule has 1 aromatic heterocycles. The van der Waals surface area contributed by atoms with Gasteiger partial charge in [-0.25, -0.2) is 0 Å². The lowest BCUT2D eigenvalue weighted by Gasteiger charge is -2.35. The molecule has 0 spiro atoms. The van der Waals surface area contributed by atoms with E-state index in [-0.39, 0.29) is 17.7 Å². The highest BCUT2D eigenvalue weighted by atomic mass is 16.5. The average molecular weight is 412 g/mol. The minimum Gasteiger partial charge on any atom is -0.497 e. The van der Waals surface area contributed by atoms with E-state index in [9.17, 15) is 9.59 Å². The number of benzene rings is 1. The van der Waals surface area contributed by atoms with Gasteiger partial charge in [-0.2, -0.15) is 5.10 Å². The van der Waals surface area contributed by atoms with E-state index >= 15 is 0 Å². The number of aromatic nitrogens is 2. The molecule has 0 unspecified atom stereocenters. The van der Waals surface area contributed by atoms with Gasteiger partial charge in [-0.1, -0.05) is 12.8 Å². The summed E-state index contributed by atoms with van der Waals surface area (Å²) in [5.74, 6) is 1.42. The summed E-state index contributed by atoms with van der Waals surface area (Å²) in [5, 5.41) is 7.29. The van der Waals surface area contributed by atoms with Gasteiger partial charge in [0.15, 0.2) is 5.69 Å². The Balaban J connectivity index is 1.35. The molecular formula is C22H29N5O3. The molecule has 160 valence electrons. The number of anilines is 2. The standard InChI is InChI=1S/C22H29N5O3/c1-25-20(23-21(28)16-5-3-4-6-16)15-19(24-25)22(29)27-13-11-26(12-14-27)17-7-9-18(30-2)10-8-17/h7-10,15-16H,3-6,11-14H2,1-2H3,(H,23,28). The van der Waals surface area contributed by atoms with Gasteiger partial charge < -0.3 is 19.9 Å². The molecule has 0 bridgehead atoms. The van der Waals surface area contributed by atoms with Crippen molar-refractivity contribution in [2.24, 2.45) is 13.0 Å². The monoisotopic (exact) mass is 411 g/mol. The average Bonchev–Trinajstić information content (AvgIpc) is 3.44. The maximum Gasteiger partial charge on any atom is 0.274 e. The molecule has 4 rings (SSSR count). The summed E-state index contributed by atoms with van der Waals surface area (Å²) in [6.07, 6.45) is 4.09. The Morgan fingerprint density at radius 3 is 2.37 bits per heavy atom. The lowest BCUT2D eigenvalue weighted by molar-refractivity contribution is -0.119. The highest BCUT2D eigenvalue weighted by Gasteiger charge is 2.27. The Hall–Kier alpha value is -3.03. The molecule has 2 amide bonds. The maximum absolute atomic E-state index is 12.9. The topological polar surface area (TPSA) is 79.7 Å². The second kappa shape index (κ2) is 8.77. The van der Waals surface area contributed by atoms with Crippen molar-refractivity contribution in [2.75, 3.05) is 43.5 Å². The van der Waals surface area contributed by atoms with E-state index in [0.29, 0.717) is 24.6 Å². The molecule has 1 saturated heterocycles. The van der Waals surface area contributed by atoms with Crippen LogP contribution >= 0.6 is 0 Å². The molecule has 0 atom stereocenters. The van der Waals surface area contributed by atoms with E-state index < -0.39 is 0 Å². The Morgan fingerprint density at radius 1 is 1.07 bits per heavy atom. The normalized spacial score (nSPS) is 17.3. The Morgan fingerprint density at radius 2 is 1.73 bits per heavy atom. The molecule has 1 N–H and O–H groups in total. The zero-order valence-corrected chi connectivity index (χ0v) is 17.6. The van der Waals surface area contributed by atoms with Crippen LogP contribution in [-0.4, -0.2) is 59.8 Å². The molecule has 8 heteroatoms. The predicted molar refractivity (Wildman–Crippen MR) is 115 cm³/mol. The van der Waals surface area contributed by atoms with Gasteiger partial charge in [0.05, 0.1) is 7.11 Å². The first kappa shape index (κ1) is 20.3. The molecule has 30 heavy (non-hydrogen) atoms. The molecule has 2 aromatic rings. The summed E-state index contributed by atoms with van der Waals surface area (Å²) >= 11 is 0. The highest BCUT2D eigenvalue weighted by Crippen LogP contribution is 2.26. The summed E-state index contributed by atoms with van der Waals surface area (Å²) in [6, 6.07) is 9.65. The van der Waals surface area contributed by atoms with Gasteiger partial charge >= 0.3 is 0 Å². The summed E-state index contributed by atoms with van der Waals surface area (Å²) in [7, 11) is 3.41. The van der Waals surface area contributed by atoms with Crippen molar-refractivity contribution in [1.82, 2.24) is 14.7 Å². The molecule has 8 nitrogen and oxygen atoms in total. The quantitative estimate of drug-likeness (QED) is 0.818. The van der Waals surface area contributed by atoms with Gasteiger partial charge in [-0.3, -0.25) is 14.3 Å². The van der Waals surface area contributed by atoms with Gasteiger partial charge in [0.25, 0.3) is 5.91 Å². The number of hydrogen-bond donors (Lipinski definition) is 1. The van der Waals surface area contributed by atoms with Crippen LogP contribution in [-0.2, 0) is 11.8 Å². The Labute approximate surface area is 176 Å². The van der Waals surface area contributed by atoms with Gasteiger partial charge in [-0.15, -0.1) is 0 Å². The van der Waals surface area contributed by atoms with Gasteiger partial charge in [0.2, 0.25) is 5.91 Å². The molecular weight excluding hydrogens is 382 g/mol. The van der Waals surface area contributed by atoms with Crippen molar-refractivity contribution in [3.8, 4) is 5.75 Å². The molecule has 2 aliphatic rings. The lowest BCUT2D eigenvalue weighted by atomic mass is 10.1. The van der Waals surface area contributed by atoms with Crippen LogP contribution in [0.3, 0.4) is 0 Å². The number of rotatable bonds is 5. The largest absolute Gasteiger partial charge is 0.497 e. The van der Waals surface area contributed by atoms with Crippen LogP contribution in [0.4, 0.5) is 11.5 Å². The number of amides is 2. The first-order chi connectivity index (χ1) is 14.5. The van der Waals surface area contributed by atoms with E-state index in [2.05, 4.69) is 15.3 Å². The molecule has 1 aliphatic heterocycles. The zero-order valence-electron chi connectivity index (χ0n) is 17.6. The van der Waals surface area contributed by atoms with Crippen LogP contribution in [0.15, 0.2) is 30.3 Å². The number of aryl methyl sites for hydroxylation is 1. The lowest BCUT2D eigenvalue weighted by Crippen LogP contribution is -2.48. The summed E-state index contributed by atoms with van der Waals surface area (Å²) < 4.78 is 6.79. The van der Waals surface area contributed by atoms with Crippen molar-refractivity contribution in [3.05, 3.63) is 36.0 Å². The van der Waals surface area contributed by atoms with Gasteiger partial charge in [-0.05, 0) is 37.1 Å². The SMILES string of the molecule is COc1ccc(N2CCN(C(=O)c3cc(NC(=O)C4CCCC4)n(C)n3)CC2)cc1. The van der Waals surface area contributed by atoms with Crippen LogP contribution in [0.1, 0.15) is 36.2 Å². The summed E-state index contributed by atoms with van der Waals surface area (Å²) in [5.41, 5.74) is 1.50. The van der Waals surface area contributed by atoms with Gasteiger partial charge in [0, 0.05) is 50.9 Å². The van der Waals surface area contributed by atoms with Crippen LogP contribution in [0.5, 0.6) is 5.75 Å². The number of carbonyl (C=O) groups is 2. The minimum absolute atomic E-state index is 0.0302. The fourth-order valence-corrected chi connectivity index (χ4v) is 4.23. The highest BCUT2D eigenvalue weighted by molar-refractivity contribution is 5.96. The number of methoxy groups -OCH3 is 1. The van der Waals surface area contributed by atoms with E-state index in [1.807, 2.05) is 29.2 Å². The van der Waals surface area contributed by atoms with Crippen LogP contribution < -0.4 is 15.0 Å². The van der Waals surface area contributed by atoms with Gasteiger partial charge in [0.1, 0.15) is 11.6 Å². The minimum atomic E-state index is -0.0960. The Bertz CT molecular complexity index is 894. The molecule has 1 aliphatic carbocycles. The number of nitrogens with zero attached hydrogens (tertiary/aromatic N) is 4. The van der Waals surface area contributed by atoms with E-state index in [1.54, 1.807) is 24.9 Å². The maximum atomic E-state index is 12.9. The molecule has 0 radical (unpaired) electrons. The van der Waals surface area contributed by atoms with Crippen LogP contribution in [0.25, 0.3) is 0 Å². The number of nitrogens with one attached hydrogen (secondary N) is 1. The fourth-order valence-electron chi connectivity index (χ4n) is 4.23. The summed E-state index contributed by atoms with van der Waals surface area (Å²) in [6.45, 7) is 2.78. The third-order valence-corrected chi connectivity index (χ3v) is 6.08. The van der Waals surface area contributed by atoms with Crippen LogP contribution in [0, 0.1) is 5.92 Å². The van der Waals surface area contributed by atoms with Crippen molar-refractivity contribution < 1.29 is 14.3 Å². The van der Waals surface area contributed by atoms with Crippen molar-refractivity contribution >= 4 is 23.3 Å². The van der Waals surface area contributed by atoms with Crippen molar-refractivity contribution in [1.29, 1.82) is 0 Å². The molecule has 2 fully saturated rings. The zero-order chi connectivity index (χ0) is 21.1. The predicted octanol–water partition coefficient (Wildman–Crippen LogP) is 2.52. The number of piperazine rings is 1. The molecule has 1 saturated carbocycles. The third kappa shape index (κ3) is 4.27. The summed E-state index contributed by atoms with van der Waals surface area (Å²) in [4.78, 5) is 29.4. The smallest absolute Gasteiger partial charge is 0.274 e. The fraction of sp³-hybridized carbons (Fsp3) is 0.500. The first-order valence-corrected chi connectivity index (χ1v) is 10.6. The number of hydrogen-bond acceptors (Lipinski definition) is 5. The number of ether oxygens (including phenoxy) is 1. The van der Waals surface area contributed by atoms with Crippen molar-refractivity contribution in [3.63, 3.8) is 0 Å². The van der Waals surface area contributed by atoms with E-state index in [4.69, 9.17) is 4.74 Å². The molecule has 2 heterocycles. The third-order valence-electron chi connectivity index (χ3n) is 6.08.